The maximum atomic E-state index is 11.8. The maximum Gasteiger partial charge on any atom is 0.407 e. The van der Waals surface area contributed by atoms with Crippen LogP contribution in [0.15, 0.2) is 67.0 Å². The Morgan fingerprint density at radius 1 is 1.10 bits per heavy atom. The highest BCUT2D eigenvalue weighted by atomic mass is 16.5. The van der Waals surface area contributed by atoms with Crippen molar-refractivity contribution < 1.29 is 38.7 Å². The molecule has 5 rings (SSSR count). The number of β-amino-alcohol motifs (C(OH)–C–C–N with tert-alkyl or cyclic N) is 1. The summed E-state index contributed by atoms with van der Waals surface area (Å²) in [5.74, 6) is 1.47. The number of carboxylic acid groups (broad SMARTS) is 1. The van der Waals surface area contributed by atoms with Crippen LogP contribution in [0.3, 0.4) is 0 Å². The molecule has 218 valence electrons. The summed E-state index contributed by atoms with van der Waals surface area (Å²) >= 11 is 0. The lowest BCUT2D eigenvalue weighted by Gasteiger charge is -2.40. The predicted molar refractivity (Wildman–Crippen MR) is 149 cm³/mol. The van der Waals surface area contributed by atoms with Gasteiger partial charge in [0.2, 0.25) is 0 Å². The molecule has 1 fully saturated rings. The molecule has 2 aliphatic heterocycles. The maximum absolute atomic E-state index is 11.8. The van der Waals surface area contributed by atoms with Gasteiger partial charge in [-0.05, 0) is 41.8 Å². The van der Waals surface area contributed by atoms with Crippen molar-refractivity contribution in [2.24, 2.45) is 0 Å². The van der Waals surface area contributed by atoms with Crippen molar-refractivity contribution in [1.29, 1.82) is 0 Å². The molecule has 0 radical (unpaired) electrons. The number of ether oxygens (including phenoxy) is 4. The molecule has 3 atom stereocenters. The van der Waals surface area contributed by atoms with Gasteiger partial charge in [0.25, 0.3) is 0 Å². The molecule has 2 N–H and O–H groups in total. The monoisotopic (exact) mass is 565 g/mol. The van der Waals surface area contributed by atoms with E-state index >= 15 is 0 Å². The molecule has 3 aromatic rings. The minimum atomic E-state index is -1.10. The van der Waals surface area contributed by atoms with E-state index in [9.17, 15) is 20.2 Å². The standard InChI is InChI=1S/C30H35N3O8/c1-38-15-2-11-31-14-16-39-27-8-3-21(17-25(27)31)20-40-28-19-32(30(35)36)18-26(34)29(28)22-4-6-23(7-5-22)41-24-9-12-33(37)13-10-24/h3-10,12-13,17,26,28-29,34H,2,11,14-16,18-20H2,1H3,(H,35,36). The summed E-state index contributed by atoms with van der Waals surface area (Å²) in [5.41, 5.74) is 2.74. The zero-order valence-corrected chi connectivity index (χ0v) is 22.9. The number of benzene rings is 2. The van der Waals surface area contributed by atoms with Gasteiger partial charge in [0.15, 0.2) is 12.4 Å². The summed E-state index contributed by atoms with van der Waals surface area (Å²) in [6.45, 7) is 3.31. The summed E-state index contributed by atoms with van der Waals surface area (Å²) in [6, 6.07) is 16.3. The molecular weight excluding hydrogens is 530 g/mol. The molecule has 0 spiro atoms. The number of anilines is 1. The normalized spacial score (nSPS) is 20.3. The zero-order chi connectivity index (χ0) is 28.8. The van der Waals surface area contributed by atoms with E-state index in [0.29, 0.717) is 29.4 Å². The lowest BCUT2D eigenvalue weighted by atomic mass is 9.84. The van der Waals surface area contributed by atoms with Crippen LogP contribution in [0.2, 0.25) is 0 Å². The molecular formula is C30H35N3O8. The predicted octanol–water partition coefficient (Wildman–Crippen LogP) is 3.37. The summed E-state index contributed by atoms with van der Waals surface area (Å²) in [4.78, 5) is 15.3. The van der Waals surface area contributed by atoms with Crippen molar-refractivity contribution in [2.45, 2.75) is 31.2 Å². The summed E-state index contributed by atoms with van der Waals surface area (Å²) in [5, 5.41) is 32.0. The van der Waals surface area contributed by atoms with Crippen LogP contribution in [0, 0.1) is 5.21 Å². The van der Waals surface area contributed by atoms with E-state index in [2.05, 4.69) is 11.0 Å². The second-order valence-corrected chi connectivity index (χ2v) is 10.2. The molecule has 0 saturated carbocycles. The highest BCUT2D eigenvalue weighted by Gasteiger charge is 2.39. The molecule has 2 aliphatic rings. The van der Waals surface area contributed by atoms with Crippen LogP contribution in [0.4, 0.5) is 10.5 Å². The number of carbonyl (C=O) groups is 1. The molecule has 41 heavy (non-hydrogen) atoms. The molecule has 2 aromatic carbocycles. The van der Waals surface area contributed by atoms with Crippen molar-refractivity contribution >= 4 is 11.8 Å². The van der Waals surface area contributed by atoms with Gasteiger partial charge in [-0.15, -0.1) is 0 Å². The number of piperidine rings is 1. The van der Waals surface area contributed by atoms with Crippen molar-refractivity contribution in [3.63, 3.8) is 0 Å². The average molecular weight is 566 g/mol. The number of amides is 1. The number of aliphatic hydroxyl groups is 1. The van der Waals surface area contributed by atoms with Gasteiger partial charge in [0.05, 0.1) is 44.1 Å². The smallest absolute Gasteiger partial charge is 0.407 e. The Balaban J connectivity index is 1.31. The lowest BCUT2D eigenvalue weighted by molar-refractivity contribution is -0.605. The second-order valence-electron chi connectivity index (χ2n) is 10.2. The van der Waals surface area contributed by atoms with E-state index < -0.39 is 24.2 Å². The van der Waals surface area contributed by atoms with Gasteiger partial charge in [-0.1, -0.05) is 18.2 Å². The van der Waals surface area contributed by atoms with Crippen LogP contribution in [-0.4, -0.2) is 79.9 Å². The van der Waals surface area contributed by atoms with E-state index in [-0.39, 0.29) is 19.7 Å². The largest absolute Gasteiger partial charge is 0.619 e. The summed E-state index contributed by atoms with van der Waals surface area (Å²) < 4.78 is 23.9. The Kier molecular flexibility index (Phi) is 9.07. The fourth-order valence-electron chi connectivity index (χ4n) is 5.35. The number of pyridine rings is 1. The Morgan fingerprint density at radius 2 is 1.85 bits per heavy atom. The average Bonchev–Trinajstić information content (AvgIpc) is 2.98. The zero-order valence-electron chi connectivity index (χ0n) is 22.9. The SMILES string of the molecule is COCCCN1CCOc2ccc(COC3CN(C(=O)O)CC(O)C3c3ccc(Oc4cc[n+]([O-])cc4)cc3)cc21. The molecule has 1 aromatic heterocycles. The Bertz CT molecular complexity index is 1300. The van der Waals surface area contributed by atoms with Crippen LogP contribution < -0.4 is 19.1 Å². The number of hydrogen-bond donors (Lipinski definition) is 2. The summed E-state index contributed by atoms with van der Waals surface area (Å²) in [6.07, 6.45) is 0.984. The first-order chi connectivity index (χ1) is 19.9. The van der Waals surface area contributed by atoms with Gasteiger partial charge in [-0.3, -0.25) is 0 Å². The van der Waals surface area contributed by atoms with E-state index in [1.807, 2.05) is 24.3 Å². The molecule has 11 nitrogen and oxygen atoms in total. The highest BCUT2D eigenvalue weighted by molar-refractivity contribution is 5.65. The fraction of sp³-hybridized carbons (Fsp3) is 0.400. The van der Waals surface area contributed by atoms with Crippen LogP contribution in [-0.2, 0) is 16.1 Å². The van der Waals surface area contributed by atoms with Crippen molar-refractivity contribution in [3.8, 4) is 17.2 Å². The first kappa shape index (κ1) is 28.5. The van der Waals surface area contributed by atoms with Gasteiger partial charge < -0.3 is 44.2 Å². The Morgan fingerprint density at radius 3 is 2.59 bits per heavy atom. The summed E-state index contributed by atoms with van der Waals surface area (Å²) in [7, 11) is 1.70. The van der Waals surface area contributed by atoms with Gasteiger partial charge in [0.1, 0.15) is 23.9 Å². The number of aliphatic hydroxyl groups excluding tert-OH is 1. The van der Waals surface area contributed by atoms with Crippen molar-refractivity contribution in [3.05, 3.63) is 83.3 Å². The van der Waals surface area contributed by atoms with Gasteiger partial charge in [-0.2, -0.15) is 4.73 Å². The first-order valence-electron chi connectivity index (χ1n) is 13.6. The van der Waals surface area contributed by atoms with Crippen LogP contribution in [0.5, 0.6) is 17.2 Å². The van der Waals surface area contributed by atoms with E-state index in [1.165, 1.54) is 17.3 Å². The van der Waals surface area contributed by atoms with Crippen molar-refractivity contribution in [2.75, 3.05) is 51.4 Å². The van der Waals surface area contributed by atoms with Gasteiger partial charge in [0, 0.05) is 38.3 Å². The fourth-order valence-corrected chi connectivity index (χ4v) is 5.35. The molecule has 3 unspecified atom stereocenters. The topological polar surface area (TPSA) is 128 Å². The van der Waals surface area contributed by atoms with Gasteiger partial charge >= 0.3 is 6.09 Å². The molecule has 1 saturated heterocycles. The highest BCUT2D eigenvalue weighted by Crippen LogP contribution is 2.35. The number of rotatable bonds is 10. The van der Waals surface area contributed by atoms with Crippen LogP contribution in [0.25, 0.3) is 0 Å². The van der Waals surface area contributed by atoms with Gasteiger partial charge in [-0.25, -0.2) is 4.79 Å². The number of nitrogens with zero attached hydrogens (tertiary/aromatic N) is 3. The minimum absolute atomic E-state index is 0.00998. The number of fused-ring (bicyclic) bond motifs is 1. The third-order valence-corrected chi connectivity index (χ3v) is 7.39. The second kappa shape index (κ2) is 13.1. The van der Waals surface area contributed by atoms with E-state index in [4.69, 9.17) is 18.9 Å². The lowest BCUT2D eigenvalue weighted by Crippen LogP contribution is -2.53. The first-order valence-corrected chi connectivity index (χ1v) is 13.6. The third kappa shape index (κ3) is 6.99. The molecule has 0 aliphatic carbocycles. The van der Waals surface area contributed by atoms with Crippen molar-refractivity contribution in [1.82, 2.24) is 4.90 Å². The number of methoxy groups -OCH3 is 1. The molecule has 3 heterocycles. The van der Waals surface area contributed by atoms with E-state index in [0.717, 1.165) is 42.1 Å². The third-order valence-electron chi connectivity index (χ3n) is 7.39. The quantitative estimate of drug-likeness (QED) is 0.216. The molecule has 11 heteroatoms. The minimum Gasteiger partial charge on any atom is -0.619 e. The number of likely N-dealkylation sites (tertiary alicyclic amines) is 1. The number of hydrogen-bond acceptors (Lipinski definition) is 8. The Hall–Kier alpha value is -4.06. The Labute approximate surface area is 238 Å². The molecule has 1 amide bonds. The van der Waals surface area contributed by atoms with Crippen LogP contribution >= 0.6 is 0 Å². The van der Waals surface area contributed by atoms with E-state index in [1.54, 1.807) is 31.4 Å². The number of aromatic nitrogens is 1. The molecule has 0 bridgehead atoms. The van der Waals surface area contributed by atoms with Crippen LogP contribution in [0.1, 0.15) is 23.5 Å².